The molecule has 0 radical (unpaired) electrons. The predicted molar refractivity (Wildman–Crippen MR) is 96.8 cm³/mol. The maximum atomic E-state index is 12.1. The molecule has 26 heavy (non-hydrogen) atoms. The van der Waals surface area contributed by atoms with Gasteiger partial charge < -0.3 is 14.4 Å². The molecule has 1 aromatic rings. The number of likely N-dealkylation sites (tertiary alicyclic amines) is 1. The molecular weight excluding hydrogens is 332 g/mol. The van der Waals surface area contributed by atoms with Gasteiger partial charge >= 0.3 is 0 Å². The molecule has 4 heterocycles. The summed E-state index contributed by atoms with van der Waals surface area (Å²) in [6.45, 7) is 6.30. The van der Waals surface area contributed by atoms with Crippen molar-refractivity contribution >= 4 is 5.91 Å². The number of carbonyl (C=O) groups is 1. The van der Waals surface area contributed by atoms with Crippen LogP contribution in [0.25, 0.3) is 0 Å². The molecule has 3 aliphatic heterocycles. The number of amides is 1. The number of carbonyl (C=O) groups excluding carboxylic acids is 1. The summed E-state index contributed by atoms with van der Waals surface area (Å²) < 4.78 is 13.4. The lowest BCUT2D eigenvalue weighted by Gasteiger charge is -2.40. The van der Waals surface area contributed by atoms with Crippen LogP contribution in [-0.2, 0) is 20.8 Å². The van der Waals surface area contributed by atoms with Gasteiger partial charge in [-0.05, 0) is 38.2 Å². The molecule has 4 rings (SSSR count). The van der Waals surface area contributed by atoms with Crippen LogP contribution in [0.1, 0.15) is 43.8 Å². The third-order valence-electron chi connectivity index (χ3n) is 5.90. The summed E-state index contributed by atoms with van der Waals surface area (Å²) in [6, 6.07) is 3.04. The van der Waals surface area contributed by atoms with Crippen molar-refractivity contribution in [2.24, 2.45) is 0 Å². The fourth-order valence-electron chi connectivity index (χ4n) is 4.40. The van der Waals surface area contributed by atoms with Crippen molar-refractivity contribution in [3.05, 3.63) is 18.0 Å². The van der Waals surface area contributed by atoms with Crippen LogP contribution in [0.2, 0.25) is 0 Å². The molecule has 7 nitrogen and oxygen atoms in total. The van der Waals surface area contributed by atoms with Crippen LogP contribution in [-0.4, -0.2) is 77.6 Å². The van der Waals surface area contributed by atoms with Gasteiger partial charge in [-0.1, -0.05) is 0 Å². The molecule has 1 atom stereocenters. The zero-order chi connectivity index (χ0) is 17.8. The van der Waals surface area contributed by atoms with Crippen molar-refractivity contribution in [3.63, 3.8) is 0 Å². The average molecular weight is 362 g/mol. The molecule has 0 aromatic carbocycles. The second-order valence-corrected chi connectivity index (χ2v) is 7.62. The number of hydrogen-bond acceptors (Lipinski definition) is 5. The number of rotatable bonds is 6. The summed E-state index contributed by atoms with van der Waals surface area (Å²) in [4.78, 5) is 16.6. The minimum Gasteiger partial charge on any atom is -0.381 e. The second kappa shape index (κ2) is 8.50. The Hall–Kier alpha value is -1.44. The third kappa shape index (κ3) is 4.10. The highest BCUT2D eigenvalue weighted by atomic mass is 16.5. The lowest BCUT2D eigenvalue weighted by molar-refractivity contribution is -0.135. The van der Waals surface area contributed by atoms with Crippen LogP contribution in [0.4, 0.5) is 0 Å². The highest BCUT2D eigenvalue weighted by molar-refractivity contribution is 5.77. The molecule has 0 saturated carbocycles. The quantitative estimate of drug-likeness (QED) is 0.717. The molecule has 0 spiro atoms. The first-order valence-corrected chi connectivity index (χ1v) is 10.0. The molecule has 0 unspecified atom stereocenters. The van der Waals surface area contributed by atoms with E-state index in [-0.39, 0.29) is 12.5 Å². The van der Waals surface area contributed by atoms with Crippen molar-refractivity contribution < 1.29 is 14.3 Å². The molecule has 144 valence electrons. The smallest absolute Gasteiger partial charge is 0.248 e. The Balaban J connectivity index is 1.28. The average Bonchev–Trinajstić information content (AvgIpc) is 3.37. The minimum atomic E-state index is 0.134. The van der Waals surface area contributed by atoms with E-state index in [1.807, 2.05) is 11.1 Å². The van der Waals surface area contributed by atoms with Crippen molar-refractivity contribution in [1.29, 1.82) is 0 Å². The minimum absolute atomic E-state index is 0.134. The number of hydrogen-bond donors (Lipinski definition) is 0. The van der Waals surface area contributed by atoms with Gasteiger partial charge in [0.05, 0.1) is 11.7 Å². The van der Waals surface area contributed by atoms with E-state index in [0.29, 0.717) is 18.7 Å². The van der Waals surface area contributed by atoms with Gasteiger partial charge in [0.1, 0.15) is 6.61 Å². The summed E-state index contributed by atoms with van der Waals surface area (Å²) >= 11 is 0. The van der Waals surface area contributed by atoms with E-state index < -0.39 is 0 Å². The maximum Gasteiger partial charge on any atom is 0.248 e. The number of aromatic nitrogens is 2. The van der Waals surface area contributed by atoms with E-state index in [9.17, 15) is 4.79 Å². The van der Waals surface area contributed by atoms with Crippen LogP contribution in [0.15, 0.2) is 12.3 Å². The summed E-state index contributed by atoms with van der Waals surface area (Å²) in [7, 11) is 0. The Morgan fingerprint density at radius 3 is 2.88 bits per heavy atom. The fraction of sp³-hybridized carbons (Fsp3) is 0.789. The fourth-order valence-corrected chi connectivity index (χ4v) is 4.40. The van der Waals surface area contributed by atoms with Crippen molar-refractivity contribution in [2.45, 2.75) is 50.7 Å². The largest absolute Gasteiger partial charge is 0.381 e. The molecular formula is C19H30N4O3. The number of fused-ring (bicyclic) bond motifs is 1. The molecule has 3 aliphatic rings. The summed E-state index contributed by atoms with van der Waals surface area (Å²) in [5, 5.41) is 4.53. The lowest BCUT2D eigenvalue weighted by Crippen LogP contribution is -2.46. The van der Waals surface area contributed by atoms with Crippen LogP contribution in [0.5, 0.6) is 0 Å². The van der Waals surface area contributed by atoms with Crippen molar-refractivity contribution in [3.8, 4) is 0 Å². The zero-order valence-corrected chi connectivity index (χ0v) is 15.5. The normalized spacial score (nSPS) is 24.8. The lowest BCUT2D eigenvalue weighted by atomic mass is 10.0. The van der Waals surface area contributed by atoms with Crippen LogP contribution < -0.4 is 0 Å². The first-order chi connectivity index (χ1) is 12.8. The molecule has 2 saturated heterocycles. The Labute approximate surface area is 155 Å². The summed E-state index contributed by atoms with van der Waals surface area (Å²) in [5.41, 5.74) is 1.28. The molecule has 0 bridgehead atoms. The second-order valence-electron chi connectivity index (χ2n) is 7.62. The third-order valence-corrected chi connectivity index (χ3v) is 5.90. The molecule has 1 aromatic heterocycles. The highest BCUT2D eigenvalue weighted by Crippen LogP contribution is 2.27. The Kier molecular flexibility index (Phi) is 5.87. The molecule has 0 aliphatic carbocycles. The summed E-state index contributed by atoms with van der Waals surface area (Å²) in [5.74, 6) is 0.134. The van der Waals surface area contributed by atoms with Gasteiger partial charge in [0.15, 0.2) is 0 Å². The van der Waals surface area contributed by atoms with Gasteiger partial charge in [0.2, 0.25) is 5.91 Å². The SMILES string of the molecule is O=C(COCC[C@H]1CN(C2CCOCC2)Cc2ccnn21)N1CCCC1. The first kappa shape index (κ1) is 17.9. The van der Waals surface area contributed by atoms with Gasteiger partial charge in [-0.15, -0.1) is 0 Å². The van der Waals surface area contributed by atoms with Crippen LogP contribution in [0, 0.1) is 0 Å². The van der Waals surface area contributed by atoms with E-state index in [2.05, 4.69) is 20.7 Å². The first-order valence-electron chi connectivity index (χ1n) is 10.0. The molecule has 0 N–H and O–H groups in total. The van der Waals surface area contributed by atoms with Crippen molar-refractivity contribution in [2.75, 3.05) is 46.1 Å². The van der Waals surface area contributed by atoms with E-state index >= 15 is 0 Å². The number of ether oxygens (including phenoxy) is 2. The van der Waals surface area contributed by atoms with Gasteiger partial charge in [-0.3, -0.25) is 14.4 Å². The molecule has 1 amide bonds. The number of nitrogens with zero attached hydrogens (tertiary/aromatic N) is 4. The predicted octanol–water partition coefficient (Wildman–Crippen LogP) is 1.45. The van der Waals surface area contributed by atoms with E-state index in [1.165, 1.54) is 5.69 Å². The maximum absolute atomic E-state index is 12.1. The van der Waals surface area contributed by atoms with Gasteiger partial charge in [-0.2, -0.15) is 5.10 Å². The van der Waals surface area contributed by atoms with Crippen LogP contribution in [0.3, 0.4) is 0 Å². The van der Waals surface area contributed by atoms with E-state index in [4.69, 9.17) is 9.47 Å². The standard InChI is InChI=1S/C19H30N4O3/c24-19(21-8-1-2-9-21)15-26-12-6-18-14-22(16-4-10-25-11-5-16)13-17-3-7-20-23(17)18/h3,7,16,18H,1-2,4-6,8-15H2/t18-/m0/s1. The Morgan fingerprint density at radius 1 is 1.27 bits per heavy atom. The van der Waals surface area contributed by atoms with Gasteiger partial charge in [-0.25, -0.2) is 0 Å². The summed E-state index contributed by atoms with van der Waals surface area (Å²) in [6.07, 6.45) is 7.26. The van der Waals surface area contributed by atoms with E-state index in [1.54, 1.807) is 0 Å². The Morgan fingerprint density at radius 2 is 2.08 bits per heavy atom. The highest BCUT2D eigenvalue weighted by Gasteiger charge is 2.30. The van der Waals surface area contributed by atoms with Crippen molar-refractivity contribution in [1.82, 2.24) is 19.6 Å². The molecule has 2 fully saturated rings. The van der Waals surface area contributed by atoms with Crippen LogP contribution >= 0.6 is 0 Å². The van der Waals surface area contributed by atoms with E-state index in [0.717, 1.165) is 71.5 Å². The monoisotopic (exact) mass is 362 g/mol. The zero-order valence-electron chi connectivity index (χ0n) is 15.5. The Bertz CT molecular complexity index is 593. The topological polar surface area (TPSA) is 59.8 Å². The van der Waals surface area contributed by atoms with Gasteiger partial charge in [0, 0.05) is 58.2 Å². The molecule has 7 heteroatoms. The van der Waals surface area contributed by atoms with Gasteiger partial charge in [0.25, 0.3) is 0 Å².